The van der Waals surface area contributed by atoms with Crippen LogP contribution in [0.15, 0.2) is 18.2 Å². The third kappa shape index (κ3) is 2.58. The first-order valence-corrected chi connectivity index (χ1v) is 6.99. The molecular weight excluding hydrogens is 319 g/mol. The average Bonchev–Trinajstić information content (AvgIpc) is 2.38. The summed E-state index contributed by atoms with van der Waals surface area (Å²) in [6.07, 6.45) is 0. The van der Waals surface area contributed by atoms with E-state index in [-0.39, 0.29) is 0 Å². The Labute approximate surface area is 117 Å². The van der Waals surface area contributed by atoms with Gasteiger partial charge in [0.25, 0.3) is 0 Å². The van der Waals surface area contributed by atoms with Gasteiger partial charge in [-0.15, -0.1) is 0 Å². The van der Waals surface area contributed by atoms with Crippen molar-refractivity contribution in [1.29, 1.82) is 5.26 Å². The molecule has 0 radical (unpaired) electrons. The van der Waals surface area contributed by atoms with Crippen molar-refractivity contribution >= 4 is 15.7 Å². The van der Waals surface area contributed by atoms with Crippen LogP contribution in [0.3, 0.4) is 0 Å². The third-order valence-electron chi connectivity index (χ3n) is 2.96. The van der Waals surface area contributed by atoms with Crippen molar-refractivity contribution in [3.05, 3.63) is 29.8 Å². The van der Waals surface area contributed by atoms with Crippen LogP contribution in [-0.2, 0) is 10.0 Å². The van der Waals surface area contributed by atoms with Gasteiger partial charge < -0.3 is 0 Å². The Morgan fingerprint density at radius 1 is 1.29 bits per heavy atom. The molecule has 0 amide bonds. The van der Waals surface area contributed by atoms with Crippen LogP contribution in [0.4, 0.5) is 27.6 Å². The van der Waals surface area contributed by atoms with Crippen LogP contribution in [0.2, 0.25) is 0 Å². The summed E-state index contributed by atoms with van der Waals surface area (Å²) in [5, 5.41) is 8.67. The fourth-order valence-corrected chi connectivity index (χ4v) is 3.24. The Morgan fingerprint density at radius 3 is 2.29 bits per heavy atom. The molecule has 0 saturated carbocycles. The Hall–Kier alpha value is -1.73. The van der Waals surface area contributed by atoms with E-state index in [4.69, 9.17) is 5.26 Å². The number of benzene rings is 1. The van der Waals surface area contributed by atoms with Gasteiger partial charge in [0.2, 0.25) is 5.82 Å². The highest BCUT2D eigenvalue weighted by Crippen LogP contribution is 2.38. The molecule has 1 aromatic rings. The van der Waals surface area contributed by atoms with Crippen molar-refractivity contribution in [3.63, 3.8) is 0 Å². The highest BCUT2D eigenvalue weighted by Gasteiger charge is 2.62. The number of sulfonamides is 1. The number of alkyl halides is 3. The predicted octanol–water partition coefficient (Wildman–Crippen LogP) is 2.67. The summed E-state index contributed by atoms with van der Waals surface area (Å²) in [4.78, 5) is 0. The van der Waals surface area contributed by atoms with Crippen LogP contribution in [0.1, 0.15) is 6.92 Å². The molecule has 1 rings (SSSR count). The SMILES string of the molecule is CC[N+](CC#N)(c1cccc(F)c1F)S(=O)(=O)C(F)(F)F. The van der Waals surface area contributed by atoms with Crippen molar-refractivity contribution in [2.75, 3.05) is 13.1 Å². The molecule has 0 aliphatic carbocycles. The number of hydrogen-bond donors (Lipinski definition) is 0. The van der Waals surface area contributed by atoms with Crippen molar-refractivity contribution < 1.29 is 30.4 Å². The number of quaternary nitrogens is 1. The molecule has 0 aromatic heterocycles. The van der Waals surface area contributed by atoms with Gasteiger partial charge in [0.1, 0.15) is 6.07 Å². The summed E-state index contributed by atoms with van der Waals surface area (Å²) >= 11 is 0. The van der Waals surface area contributed by atoms with Crippen LogP contribution >= 0.6 is 0 Å². The minimum absolute atomic E-state index is 0.635. The van der Waals surface area contributed by atoms with E-state index in [0.717, 1.165) is 13.0 Å². The zero-order valence-electron chi connectivity index (χ0n) is 10.7. The van der Waals surface area contributed by atoms with E-state index in [1.54, 1.807) is 0 Å². The number of nitriles is 1. The molecule has 21 heavy (non-hydrogen) atoms. The maximum absolute atomic E-state index is 13.8. The summed E-state index contributed by atoms with van der Waals surface area (Å²) in [6, 6.07) is 3.51. The smallest absolute Gasteiger partial charge is 0.204 e. The highest BCUT2D eigenvalue weighted by molar-refractivity contribution is 7.91. The van der Waals surface area contributed by atoms with Gasteiger partial charge in [0.05, 0.1) is 6.54 Å². The Balaban J connectivity index is 3.80. The number of rotatable bonds is 4. The van der Waals surface area contributed by atoms with E-state index >= 15 is 0 Å². The standard InChI is InChI=1S/C11H10F5N2O2S/c1-2-18(7-6-17,21(19,20)11(14,15)16)9-5-3-4-8(12)10(9)13/h3-5H,2,7H2,1H3/q+1. The van der Waals surface area contributed by atoms with Gasteiger partial charge in [-0.05, 0) is 13.0 Å². The number of hydrogen-bond acceptors (Lipinski definition) is 3. The normalized spacial score (nSPS) is 15.3. The highest BCUT2D eigenvalue weighted by atomic mass is 32.2. The first-order valence-electron chi connectivity index (χ1n) is 5.55. The fraction of sp³-hybridized carbons (Fsp3) is 0.364. The maximum Gasteiger partial charge on any atom is 0.549 e. The minimum atomic E-state index is -6.00. The molecule has 0 fully saturated rings. The van der Waals surface area contributed by atoms with Crippen molar-refractivity contribution in [2.24, 2.45) is 0 Å². The fourth-order valence-electron chi connectivity index (χ4n) is 1.87. The molecule has 0 N–H and O–H groups in total. The molecule has 0 aliphatic rings. The molecule has 1 unspecified atom stereocenters. The molecule has 4 nitrogen and oxygen atoms in total. The third-order valence-corrected chi connectivity index (χ3v) is 5.05. The predicted molar refractivity (Wildman–Crippen MR) is 64.1 cm³/mol. The van der Waals surface area contributed by atoms with Gasteiger partial charge in [-0.25, -0.2) is 4.39 Å². The van der Waals surface area contributed by atoms with E-state index in [9.17, 15) is 30.4 Å². The molecule has 0 spiro atoms. The topological polar surface area (TPSA) is 57.9 Å². The molecule has 1 atom stereocenters. The zero-order chi connectivity index (χ0) is 16.5. The number of nitrogens with zero attached hydrogens (tertiary/aromatic N) is 2. The van der Waals surface area contributed by atoms with Crippen molar-refractivity contribution in [3.8, 4) is 6.07 Å². The quantitative estimate of drug-likeness (QED) is 0.485. The van der Waals surface area contributed by atoms with Gasteiger partial charge in [-0.1, -0.05) is 6.07 Å². The summed E-state index contributed by atoms with van der Waals surface area (Å²) in [5.74, 6) is -3.24. The minimum Gasteiger partial charge on any atom is -0.204 e. The zero-order valence-corrected chi connectivity index (χ0v) is 11.5. The van der Waals surface area contributed by atoms with Gasteiger partial charge in [-0.2, -0.15) is 35.1 Å². The second kappa shape index (κ2) is 5.57. The van der Waals surface area contributed by atoms with E-state index in [1.807, 2.05) is 0 Å². The van der Waals surface area contributed by atoms with Crippen LogP contribution < -0.4 is 3.89 Å². The summed E-state index contributed by atoms with van der Waals surface area (Å²) in [7, 11) is -6.00. The number of halogens is 5. The van der Waals surface area contributed by atoms with Crippen LogP contribution in [-0.4, -0.2) is 27.0 Å². The maximum atomic E-state index is 13.8. The Morgan fingerprint density at radius 2 is 1.86 bits per heavy atom. The second-order valence-corrected chi connectivity index (χ2v) is 6.13. The molecule has 0 heterocycles. The lowest BCUT2D eigenvalue weighted by Crippen LogP contribution is -2.59. The van der Waals surface area contributed by atoms with Gasteiger partial charge in [-0.3, -0.25) is 0 Å². The summed E-state index contributed by atoms with van der Waals surface area (Å²) < 4.78 is 87.0. The molecule has 10 heteroatoms. The van der Waals surface area contributed by atoms with Gasteiger partial charge in [0, 0.05) is 6.07 Å². The molecule has 1 aromatic carbocycles. The van der Waals surface area contributed by atoms with E-state index in [1.165, 1.54) is 6.07 Å². The van der Waals surface area contributed by atoms with Crippen LogP contribution in [0, 0.1) is 23.0 Å². The first-order chi connectivity index (χ1) is 9.55. The lowest BCUT2D eigenvalue weighted by atomic mass is 10.2. The molecule has 0 aliphatic heterocycles. The van der Waals surface area contributed by atoms with Crippen LogP contribution in [0.25, 0.3) is 0 Å². The van der Waals surface area contributed by atoms with E-state index in [2.05, 4.69) is 0 Å². The van der Waals surface area contributed by atoms with Gasteiger partial charge >= 0.3 is 15.5 Å². The Bertz CT molecular complexity index is 681. The van der Waals surface area contributed by atoms with Crippen molar-refractivity contribution in [2.45, 2.75) is 12.4 Å². The monoisotopic (exact) mass is 329 g/mol. The molecule has 0 bridgehead atoms. The summed E-state index contributed by atoms with van der Waals surface area (Å²) in [6.45, 7) is -0.973. The second-order valence-electron chi connectivity index (χ2n) is 4.02. The summed E-state index contributed by atoms with van der Waals surface area (Å²) in [5.41, 5.74) is -6.78. The lowest BCUT2D eigenvalue weighted by molar-refractivity contribution is -0.0482. The largest absolute Gasteiger partial charge is 0.549 e. The first kappa shape index (κ1) is 17.3. The van der Waals surface area contributed by atoms with Crippen molar-refractivity contribution in [1.82, 2.24) is 3.89 Å². The lowest BCUT2D eigenvalue weighted by Gasteiger charge is -2.33. The molecule has 116 valence electrons. The molecule has 0 saturated heterocycles. The molecular formula is C11H10F5N2O2S+. The van der Waals surface area contributed by atoms with Crippen LogP contribution in [0.5, 0.6) is 0 Å². The van der Waals surface area contributed by atoms with Gasteiger partial charge in [0.15, 0.2) is 18.0 Å². The van der Waals surface area contributed by atoms with E-state index < -0.39 is 49.8 Å². The Kier molecular flexibility index (Phi) is 4.60. The van der Waals surface area contributed by atoms with E-state index in [0.29, 0.717) is 12.1 Å². The average molecular weight is 329 g/mol.